The zero-order valence-electron chi connectivity index (χ0n) is 13.2. The first-order valence-corrected chi connectivity index (χ1v) is 6.86. The molecule has 0 amide bonds. The molecule has 25 heavy (non-hydrogen) atoms. The Bertz CT molecular complexity index is 847. The van der Waals surface area contributed by atoms with Gasteiger partial charge in [-0.15, -0.1) is 0 Å². The maximum Gasteiger partial charge on any atom is 0.342 e. The number of carboxylic acid groups (broad SMARTS) is 1. The van der Waals surface area contributed by atoms with Crippen molar-refractivity contribution in [3.05, 3.63) is 62.2 Å². The Hall–Kier alpha value is -3.69. The van der Waals surface area contributed by atoms with Gasteiger partial charge >= 0.3 is 11.7 Å². The third-order valence-corrected chi connectivity index (χ3v) is 3.28. The standard InChI is InChI=1S/C15H13N3O7/c1-16(2)9-3-5-10(6-4-9)25-14-7-11(15(19)20)12(17(21)22)8-13(14)18(23)24/h3-8H,1-2H3,(H,19,20). The number of ether oxygens (including phenoxy) is 1. The van der Waals surface area contributed by atoms with Crippen LogP contribution in [0.1, 0.15) is 10.4 Å². The highest BCUT2D eigenvalue weighted by Crippen LogP contribution is 2.37. The van der Waals surface area contributed by atoms with Gasteiger partial charge < -0.3 is 14.7 Å². The fraction of sp³-hybridized carbons (Fsp3) is 0.133. The Morgan fingerprint density at radius 2 is 1.60 bits per heavy atom. The highest BCUT2D eigenvalue weighted by atomic mass is 16.6. The molecular formula is C15H13N3O7. The number of carboxylic acids is 1. The molecule has 0 saturated carbocycles. The summed E-state index contributed by atoms with van der Waals surface area (Å²) in [6, 6.07) is 7.84. The normalized spacial score (nSPS) is 10.2. The van der Waals surface area contributed by atoms with Gasteiger partial charge in [-0.3, -0.25) is 20.2 Å². The van der Waals surface area contributed by atoms with Crippen LogP contribution in [0.4, 0.5) is 17.1 Å². The summed E-state index contributed by atoms with van der Waals surface area (Å²) >= 11 is 0. The summed E-state index contributed by atoms with van der Waals surface area (Å²) in [5.41, 5.74) is -1.42. The second-order valence-corrected chi connectivity index (χ2v) is 5.15. The highest BCUT2D eigenvalue weighted by molar-refractivity contribution is 5.93. The maximum atomic E-state index is 11.2. The molecule has 130 valence electrons. The van der Waals surface area contributed by atoms with E-state index < -0.39 is 38.5 Å². The summed E-state index contributed by atoms with van der Waals surface area (Å²) in [6.07, 6.45) is 0. The van der Waals surface area contributed by atoms with Gasteiger partial charge in [0.1, 0.15) is 11.3 Å². The first-order chi connectivity index (χ1) is 11.7. The van der Waals surface area contributed by atoms with Gasteiger partial charge in [0.2, 0.25) is 5.75 Å². The number of benzene rings is 2. The van der Waals surface area contributed by atoms with Crippen LogP contribution >= 0.6 is 0 Å². The lowest BCUT2D eigenvalue weighted by Gasteiger charge is -2.13. The van der Waals surface area contributed by atoms with Crippen LogP contribution in [0.5, 0.6) is 11.5 Å². The Morgan fingerprint density at radius 3 is 2.04 bits per heavy atom. The van der Waals surface area contributed by atoms with Crippen molar-refractivity contribution in [1.82, 2.24) is 0 Å². The highest BCUT2D eigenvalue weighted by Gasteiger charge is 2.29. The molecular weight excluding hydrogens is 334 g/mol. The van der Waals surface area contributed by atoms with Gasteiger partial charge in [0.15, 0.2) is 0 Å². The molecule has 2 rings (SSSR count). The number of hydrogen-bond donors (Lipinski definition) is 1. The molecule has 0 fully saturated rings. The Labute approximate surface area is 141 Å². The van der Waals surface area contributed by atoms with Crippen molar-refractivity contribution in [2.75, 3.05) is 19.0 Å². The molecule has 0 heterocycles. The molecule has 2 aromatic rings. The number of nitro benzene ring substituents is 2. The first kappa shape index (κ1) is 17.7. The van der Waals surface area contributed by atoms with Gasteiger partial charge in [0.05, 0.1) is 15.9 Å². The molecule has 0 aliphatic carbocycles. The van der Waals surface area contributed by atoms with Crippen LogP contribution in [0.3, 0.4) is 0 Å². The second-order valence-electron chi connectivity index (χ2n) is 5.15. The molecule has 0 bridgehead atoms. The summed E-state index contributed by atoms with van der Waals surface area (Å²) < 4.78 is 5.38. The number of nitrogens with zero attached hydrogens (tertiary/aromatic N) is 3. The van der Waals surface area contributed by atoms with Crippen LogP contribution in [0, 0.1) is 20.2 Å². The van der Waals surface area contributed by atoms with Crippen molar-refractivity contribution in [2.45, 2.75) is 0 Å². The lowest BCUT2D eigenvalue weighted by atomic mass is 10.1. The van der Waals surface area contributed by atoms with Crippen LogP contribution in [0.25, 0.3) is 0 Å². The average Bonchev–Trinajstić information content (AvgIpc) is 2.54. The summed E-state index contributed by atoms with van der Waals surface area (Å²) in [5, 5.41) is 31.2. The zero-order chi connectivity index (χ0) is 18.7. The van der Waals surface area contributed by atoms with Crippen LogP contribution in [0.2, 0.25) is 0 Å². The average molecular weight is 347 g/mol. The monoisotopic (exact) mass is 347 g/mol. The SMILES string of the molecule is CN(C)c1ccc(Oc2cc(C(=O)O)c([N+](=O)[O-])cc2[N+](=O)[O-])cc1. The fourth-order valence-corrected chi connectivity index (χ4v) is 2.04. The molecule has 0 atom stereocenters. The number of anilines is 1. The lowest BCUT2D eigenvalue weighted by Crippen LogP contribution is -2.08. The summed E-state index contributed by atoms with van der Waals surface area (Å²) in [4.78, 5) is 33.3. The van der Waals surface area contributed by atoms with Gasteiger partial charge in [-0.05, 0) is 24.3 Å². The van der Waals surface area contributed by atoms with Crippen molar-refractivity contribution in [3.8, 4) is 11.5 Å². The molecule has 0 radical (unpaired) electrons. The summed E-state index contributed by atoms with van der Waals surface area (Å²) in [7, 11) is 3.66. The minimum absolute atomic E-state index is 0.221. The Balaban J connectivity index is 2.51. The van der Waals surface area contributed by atoms with Crippen LogP contribution in [-0.4, -0.2) is 35.0 Å². The number of rotatable bonds is 6. The molecule has 10 nitrogen and oxygen atoms in total. The maximum absolute atomic E-state index is 11.2. The van der Waals surface area contributed by atoms with Gasteiger partial charge in [-0.25, -0.2) is 4.79 Å². The number of hydrogen-bond acceptors (Lipinski definition) is 7. The minimum atomic E-state index is -1.59. The van der Waals surface area contributed by atoms with E-state index in [0.29, 0.717) is 6.07 Å². The first-order valence-electron chi connectivity index (χ1n) is 6.86. The number of aromatic carboxylic acids is 1. The molecule has 2 aromatic carbocycles. The molecule has 0 aliphatic heterocycles. The summed E-state index contributed by atoms with van der Waals surface area (Å²) in [6.45, 7) is 0. The summed E-state index contributed by atoms with van der Waals surface area (Å²) in [5.74, 6) is -1.76. The predicted octanol–water partition coefficient (Wildman–Crippen LogP) is 3.06. The fourth-order valence-electron chi connectivity index (χ4n) is 2.04. The third-order valence-electron chi connectivity index (χ3n) is 3.28. The third kappa shape index (κ3) is 3.80. The van der Waals surface area contributed by atoms with Crippen molar-refractivity contribution >= 4 is 23.0 Å². The smallest absolute Gasteiger partial charge is 0.342 e. The van der Waals surface area contributed by atoms with Crippen molar-refractivity contribution in [3.63, 3.8) is 0 Å². The number of nitro groups is 2. The van der Waals surface area contributed by atoms with Gasteiger partial charge in [0.25, 0.3) is 5.69 Å². The van der Waals surface area contributed by atoms with Gasteiger partial charge in [0, 0.05) is 25.8 Å². The zero-order valence-corrected chi connectivity index (χ0v) is 13.2. The van der Waals surface area contributed by atoms with E-state index in [-0.39, 0.29) is 5.75 Å². The van der Waals surface area contributed by atoms with E-state index in [2.05, 4.69) is 0 Å². The van der Waals surface area contributed by atoms with E-state index in [1.54, 1.807) is 24.3 Å². The molecule has 0 unspecified atom stereocenters. The molecule has 0 spiro atoms. The quantitative estimate of drug-likeness (QED) is 0.622. The second kappa shape index (κ2) is 6.83. The molecule has 10 heteroatoms. The van der Waals surface area contributed by atoms with Crippen molar-refractivity contribution in [2.24, 2.45) is 0 Å². The van der Waals surface area contributed by atoms with Gasteiger partial charge in [-0.2, -0.15) is 0 Å². The van der Waals surface area contributed by atoms with E-state index in [0.717, 1.165) is 11.8 Å². The molecule has 0 aromatic heterocycles. The van der Waals surface area contributed by atoms with E-state index in [1.165, 1.54) is 0 Å². The van der Waals surface area contributed by atoms with E-state index in [9.17, 15) is 25.0 Å². The van der Waals surface area contributed by atoms with E-state index in [1.807, 2.05) is 19.0 Å². The Kier molecular flexibility index (Phi) is 4.82. The van der Waals surface area contributed by atoms with Crippen LogP contribution < -0.4 is 9.64 Å². The predicted molar refractivity (Wildman–Crippen MR) is 87.6 cm³/mol. The van der Waals surface area contributed by atoms with Crippen LogP contribution in [-0.2, 0) is 0 Å². The lowest BCUT2D eigenvalue weighted by molar-refractivity contribution is -0.394. The topological polar surface area (TPSA) is 136 Å². The Morgan fingerprint density at radius 1 is 1.04 bits per heavy atom. The van der Waals surface area contributed by atoms with Crippen molar-refractivity contribution in [1.29, 1.82) is 0 Å². The molecule has 0 saturated heterocycles. The van der Waals surface area contributed by atoms with Gasteiger partial charge in [-0.1, -0.05) is 0 Å². The van der Waals surface area contributed by atoms with E-state index in [4.69, 9.17) is 9.84 Å². The van der Waals surface area contributed by atoms with Crippen molar-refractivity contribution < 1.29 is 24.5 Å². The largest absolute Gasteiger partial charge is 0.477 e. The molecule has 0 aliphatic rings. The minimum Gasteiger partial charge on any atom is -0.477 e. The van der Waals surface area contributed by atoms with Crippen LogP contribution in [0.15, 0.2) is 36.4 Å². The number of carbonyl (C=O) groups is 1. The molecule has 1 N–H and O–H groups in total. The van der Waals surface area contributed by atoms with E-state index >= 15 is 0 Å².